The summed E-state index contributed by atoms with van der Waals surface area (Å²) in [5.74, 6) is -0.0509. The van der Waals surface area contributed by atoms with Crippen molar-refractivity contribution < 1.29 is 14.3 Å². The van der Waals surface area contributed by atoms with Crippen LogP contribution in [-0.4, -0.2) is 43.4 Å². The topological polar surface area (TPSA) is 86.5 Å². The van der Waals surface area contributed by atoms with Crippen LogP contribution < -0.4 is 11.1 Å². The Hall–Kier alpha value is -1.37. The van der Waals surface area contributed by atoms with Gasteiger partial charge in [-0.2, -0.15) is 0 Å². The number of pyridine rings is 1. The van der Waals surface area contributed by atoms with E-state index in [0.717, 1.165) is 0 Å². The number of nitrogens with zero attached hydrogens (tertiary/aromatic N) is 1. The number of rotatable bonds is 3. The number of amides is 1. The van der Waals surface area contributed by atoms with Gasteiger partial charge in [0.15, 0.2) is 0 Å². The fourth-order valence-corrected chi connectivity index (χ4v) is 1.77. The molecule has 1 aliphatic rings. The normalized spacial score (nSPS) is 19.5. The second kappa shape index (κ2) is 5.99. The smallest absolute Gasteiger partial charge is 0.253 e. The molecule has 1 unspecified atom stereocenters. The predicted octanol–water partition coefficient (Wildman–Crippen LogP) is 0.462. The van der Waals surface area contributed by atoms with Crippen molar-refractivity contribution in [2.24, 2.45) is 0 Å². The van der Waals surface area contributed by atoms with Crippen molar-refractivity contribution in [3.8, 4) is 0 Å². The first-order chi connectivity index (χ1) is 8.66. The lowest BCUT2D eigenvalue weighted by molar-refractivity contribution is -0.0855. The van der Waals surface area contributed by atoms with Crippen LogP contribution in [0, 0.1) is 0 Å². The van der Waals surface area contributed by atoms with E-state index in [9.17, 15) is 4.79 Å². The van der Waals surface area contributed by atoms with Gasteiger partial charge in [0.05, 0.1) is 36.5 Å². The lowest BCUT2D eigenvalue weighted by Crippen LogP contribution is -2.39. The number of nitrogens with one attached hydrogen (secondary N) is 1. The van der Waals surface area contributed by atoms with Gasteiger partial charge in [-0.25, -0.2) is 4.98 Å². The minimum Gasteiger partial charge on any atom is -0.384 e. The number of ether oxygens (including phenoxy) is 2. The lowest BCUT2D eigenvalue weighted by atomic mass is 10.2. The summed E-state index contributed by atoms with van der Waals surface area (Å²) in [4.78, 5) is 15.7. The van der Waals surface area contributed by atoms with Crippen LogP contribution in [0.5, 0.6) is 0 Å². The van der Waals surface area contributed by atoms with Gasteiger partial charge in [-0.1, -0.05) is 11.6 Å². The summed E-state index contributed by atoms with van der Waals surface area (Å²) < 4.78 is 10.6. The molecule has 1 saturated heterocycles. The fourth-order valence-electron chi connectivity index (χ4n) is 1.59. The molecule has 18 heavy (non-hydrogen) atoms. The summed E-state index contributed by atoms with van der Waals surface area (Å²) in [5.41, 5.74) is 5.82. The van der Waals surface area contributed by atoms with Crippen molar-refractivity contribution in [2.45, 2.75) is 6.10 Å². The van der Waals surface area contributed by atoms with Crippen LogP contribution in [0.4, 0.5) is 5.82 Å². The maximum atomic E-state index is 11.9. The Morgan fingerprint density at radius 3 is 3.17 bits per heavy atom. The minimum atomic E-state index is -0.303. The first-order valence-electron chi connectivity index (χ1n) is 5.55. The maximum absolute atomic E-state index is 11.9. The fraction of sp³-hybridized carbons (Fsp3) is 0.455. The van der Waals surface area contributed by atoms with Crippen LogP contribution in [0.1, 0.15) is 10.4 Å². The third kappa shape index (κ3) is 3.32. The van der Waals surface area contributed by atoms with Gasteiger partial charge in [0, 0.05) is 12.7 Å². The van der Waals surface area contributed by atoms with E-state index in [0.29, 0.717) is 31.9 Å². The second-order valence-corrected chi connectivity index (χ2v) is 4.27. The molecule has 3 N–H and O–H groups in total. The van der Waals surface area contributed by atoms with Crippen molar-refractivity contribution >= 4 is 23.3 Å². The van der Waals surface area contributed by atoms with Crippen molar-refractivity contribution in [3.05, 3.63) is 22.8 Å². The Balaban J connectivity index is 1.92. The van der Waals surface area contributed by atoms with Crippen LogP contribution in [0.3, 0.4) is 0 Å². The Morgan fingerprint density at radius 2 is 2.44 bits per heavy atom. The van der Waals surface area contributed by atoms with Crippen LogP contribution in [0.25, 0.3) is 0 Å². The number of anilines is 1. The quantitative estimate of drug-likeness (QED) is 0.834. The summed E-state index contributed by atoms with van der Waals surface area (Å²) in [6.07, 6.45) is 1.23. The SMILES string of the molecule is Nc1cc(C(=O)NCC2COCCO2)c(Cl)cn1. The lowest BCUT2D eigenvalue weighted by Gasteiger charge is -2.23. The van der Waals surface area contributed by atoms with Crippen LogP contribution in [-0.2, 0) is 9.47 Å². The number of hydrogen-bond donors (Lipinski definition) is 2. The molecule has 1 atom stereocenters. The third-order valence-corrected chi connectivity index (χ3v) is 2.80. The monoisotopic (exact) mass is 271 g/mol. The number of aromatic nitrogens is 1. The zero-order chi connectivity index (χ0) is 13.0. The van der Waals surface area contributed by atoms with E-state index in [1.54, 1.807) is 0 Å². The number of carbonyl (C=O) groups excluding carboxylic acids is 1. The second-order valence-electron chi connectivity index (χ2n) is 3.87. The third-order valence-electron chi connectivity index (χ3n) is 2.50. The van der Waals surface area contributed by atoms with Crippen molar-refractivity contribution in [2.75, 3.05) is 32.1 Å². The average molecular weight is 272 g/mol. The molecule has 1 fully saturated rings. The van der Waals surface area contributed by atoms with E-state index in [1.165, 1.54) is 12.3 Å². The molecule has 1 amide bonds. The first-order valence-corrected chi connectivity index (χ1v) is 5.93. The molecule has 0 saturated carbocycles. The van der Waals surface area contributed by atoms with E-state index in [-0.39, 0.29) is 22.9 Å². The minimum absolute atomic E-state index is 0.124. The Morgan fingerprint density at radius 1 is 1.61 bits per heavy atom. The summed E-state index contributed by atoms with van der Waals surface area (Å²) in [6, 6.07) is 1.44. The van der Waals surface area contributed by atoms with Crippen LogP contribution >= 0.6 is 11.6 Å². The van der Waals surface area contributed by atoms with E-state index >= 15 is 0 Å². The highest BCUT2D eigenvalue weighted by Gasteiger charge is 2.17. The highest BCUT2D eigenvalue weighted by atomic mass is 35.5. The van der Waals surface area contributed by atoms with Crippen LogP contribution in [0.15, 0.2) is 12.3 Å². The van der Waals surface area contributed by atoms with Gasteiger partial charge in [-0.15, -0.1) is 0 Å². The largest absolute Gasteiger partial charge is 0.384 e. The molecule has 1 aromatic heterocycles. The summed E-state index contributed by atoms with van der Waals surface area (Å²) in [5, 5.41) is 2.99. The van der Waals surface area contributed by atoms with Crippen molar-refractivity contribution in [1.29, 1.82) is 0 Å². The Kier molecular flexibility index (Phi) is 4.35. The maximum Gasteiger partial charge on any atom is 0.253 e. The summed E-state index contributed by atoms with van der Waals surface area (Å²) >= 11 is 5.88. The molecule has 1 aromatic rings. The predicted molar refractivity (Wildman–Crippen MR) is 66.6 cm³/mol. The van der Waals surface area contributed by atoms with Crippen molar-refractivity contribution in [3.63, 3.8) is 0 Å². The highest BCUT2D eigenvalue weighted by Crippen LogP contribution is 2.16. The van der Waals surface area contributed by atoms with Gasteiger partial charge in [0.25, 0.3) is 5.91 Å². The molecule has 98 valence electrons. The molecular weight excluding hydrogens is 258 g/mol. The number of nitrogens with two attached hydrogens (primary N) is 1. The first kappa shape index (κ1) is 13.1. The summed E-state index contributed by atoms with van der Waals surface area (Å²) in [6.45, 7) is 1.99. The summed E-state index contributed by atoms with van der Waals surface area (Å²) in [7, 11) is 0. The number of hydrogen-bond acceptors (Lipinski definition) is 5. The molecule has 0 radical (unpaired) electrons. The molecular formula is C11H14ClN3O3. The standard InChI is InChI=1S/C11H14ClN3O3/c12-9-5-14-10(13)3-8(9)11(16)15-4-7-6-17-1-2-18-7/h3,5,7H,1-2,4,6H2,(H2,13,14)(H,15,16). The van der Waals surface area contributed by atoms with E-state index in [2.05, 4.69) is 10.3 Å². The molecule has 2 heterocycles. The van der Waals surface area contributed by atoms with Gasteiger partial charge in [-0.05, 0) is 6.07 Å². The van der Waals surface area contributed by atoms with Gasteiger partial charge < -0.3 is 20.5 Å². The molecule has 6 nitrogen and oxygen atoms in total. The average Bonchev–Trinajstić information content (AvgIpc) is 2.40. The number of carbonyl (C=O) groups is 1. The zero-order valence-electron chi connectivity index (χ0n) is 9.69. The number of halogens is 1. The molecule has 7 heteroatoms. The molecule has 1 aliphatic heterocycles. The van der Waals surface area contributed by atoms with Gasteiger partial charge in [0.2, 0.25) is 0 Å². The molecule has 0 bridgehead atoms. The van der Waals surface area contributed by atoms with Crippen LogP contribution in [0.2, 0.25) is 5.02 Å². The molecule has 0 spiro atoms. The van der Waals surface area contributed by atoms with Gasteiger partial charge in [0.1, 0.15) is 5.82 Å². The van der Waals surface area contributed by atoms with E-state index in [1.807, 2.05) is 0 Å². The number of nitrogen functional groups attached to an aromatic ring is 1. The van der Waals surface area contributed by atoms with E-state index in [4.69, 9.17) is 26.8 Å². The van der Waals surface area contributed by atoms with Gasteiger partial charge >= 0.3 is 0 Å². The van der Waals surface area contributed by atoms with Crippen molar-refractivity contribution in [1.82, 2.24) is 10.3 Å². The Labute approximate surface area is 109 Å². The molecule has 0 aliphatic carbocycles. The molecule has 2 rings (SSSR count). The van der Waals surface area contributed by atoms with E-state index < -0.39 is 0 Å². The Bertz CT molecular complexity index is 436. The highest BCUT2D eigenvalue weighted by molar-refractivity contribution is 6.33. The zero-order valence-corrected chi connectivity index (χ0v) is 10.4. The molecule has 0 aromatic carbocycles. The van der Waals surface area contributed by atoms with Gasteiger partial charge in [-0.3, -0.25) is 4.79 Å².